The van der Waals surface area contributed by atoms with Crippen LogP contribution < -0.4 is 9.64 Å². The monoisotopic (exact) mass is 275 g/mol. The lowest BCUT2D eigenvalue weighted by molar-refractivity contribution is 0.322. The minimum Gasteiger partial charge on any atom is -0.491 e. The molecule has 2 heterocycles. The number of para-hydroxylation sites is 2. The molecule has 1 aromatic carbocycles. The van der Waals surface area contributed by atoms with Crippen molar-refractivity contribution >= 4 is 23.1 Å². The van der Waals surface area contributed by atoms with Gasteiger partial charge in [-0.05, 0) is 25.5 Å². The quantitative estimate of drug-likeness (QED) is 0.748. The topological polar surface area (TPSA) is 38.2 Å². The van der Waals surface area contributed by atoms with Gasteiger partial charge in [0.1, 0.15) is 22.5 Å². The zero-order valence-corrected chi connectivity index (χ0v) is 11.4. The van der Waals surface area contributed by atoms with Crippen LogP contribution in [0.1, 0.15) is 12.2 Å². The fourth-order valence-corrected chi connectivity index (χ4v) is 2.44. The van der Waals surface area contributed by atoms with Gasteiger partial charge in [0.2, 0.25) is 0 Å². The lowest BCUT2D eigenvalue weighted by Crippen LogP contribution is -2.19. The first kappa shape index (κ1) is 12.2. The molecule has 0 aliphatic carbocycles. The Morgan fingerprint density at radius 2 is 2.11 bits per heavy atom. The van der Waals surface area contributed by atoms with E-state index in [-0.39, 0.29) is 0 Å². The summed E-state index contributed by atoms with van der Waals surface area (Å²) in [5.41, 5.74) is 1.02. The number of aryl methyl sites for hydroxylation is 1. The number of nitrogens with zero attached hydrogens (tertiary/aromatic N) is 3. The molecule has 0 saturated carbocycles. The predicted molar refractivity (Wildman–Crippen MR) is 75.3 cm³/mol. The molecule has 5 heteroatoms. The van der Waals surface area contributed by atoms with Crippen molar-refractivity contribution in [3.05, 3.63) is 41.3 Å². The van der Waals surface area contributed by atoms with Crippen LogP contribution >= 0.6 is 11.6 Å². The number of benzene rings is 1. The molecular weight excluding hydrogens is 262 g/mol. The van der Waals surface area contributed by atoms with Gasteiger partial charge in [-0.1, -0.05) is 23.7 Å². The maximum atomic E-state index is 6.03. The fourth-order valence-electron chi connectivity index (χ4n) is 2.22. The van der Waals surface area contributed by atoms with Crippen LogP contribution in [0.25, 0.3) is 0 Å². The minimum atomic E-state index is 0.463. The number of halogens is 1. The van der Waals surface area contributed by atoms with Crippen molar-refractivity contribution in [2.24, 2.45) is 0 Å². The Labute approximate surface area is 117 Å². The molecule has 1 aliphatic rings. The van der Waals surface area contributed by atoms with Crippen LogP contribution in [0.5, 0.6) is 5.75 Å². The average molecular weight is 276 g/mol. The number of anilines is 2. The molecule has 0 bridgehead atoms. The van der Waals surface area contributed by atoms with Crippen LogP contribution in [0.3, 0.4) is 0 Å². The van der Waals surface area contributed by atoms with E-state index in [4.69, 9.17) is 16.3 Å². The van der Waals surface area contributed by atoms with Gasteiger partial charge in [0.25, 0.3) is 0 Å². The molecule has 98 valence electrons. The van der Waals surface area contributed by atoms with Crippen LogP contribution in [-0.4, -0.2) is 23.1 Å². The van der Waals surface area contributed by atoms with Crippen molar-refractivity contribution in [3.63, 3.8) is 0 Å². The summed E-state index contributed by atoms with van der Waals surface area (Å²) >= 11 is 6.03. The van der Waals surface area contributed by atoms with Gasteiger partial charge in [-0.2, -0.15) is 0 Å². The third-order valence-corrected chi connectivity index (χ3v) is 3.20. The molecule has 0 spiro atoms. The van der Waals surface area contributed by atoms with Crippen molar-refractivity contribution < 1.29 is 4.74 Å². The number of aromatic nitrogens is 2. The molecule has 0 fully saturated rings. The zero-order chi connectivity index (χ0) is 13.2. The summed E-state index contributed by atoms with van der Waals surface area (Å²) in [6.07, 6.45) is 0.940. The second-order valence-corrected chi connectivity index (χ2v) is 4.80. The average Bonchev–Trinajstić information content (AvgIpc) is 2.59. The van der Waals surface area contributed by atoms with E-state index in [0.717, 1.165) is 30.2 Å². The van der Waals surface area contributed by atoms with E-state index in [1.165, 1.54) is 0 Å². The number of rotatable bonds is 1. The predicted octanol–water partition coefficient (Wildman–Crippen LogP) is 3.36. The largest absolute Gasteiger partial charge is 0.491 e. The smallest absolute Gasteiger partial charge is 0.142 e. The summed E-state index contributed by atoms with van der Waals surface area (Å²) in [4.78, 5) is 10.7. The summed E-state index contributed by atoms with van der Waals surface area (Å²) in [6, 6.07) is 9.77. The van der Waals surface area contributed by atoms with Crippen LogP contribution in [0.4, 0.5) is 11.5 Å². The Hall–Kier alpha value is -1.81. The molecule has 1 aromatic heterocycles. The van der Waals surface area contributed by atoms with E-state index in [1.54, 1.807) is 6.07 Å². The highest BCUT2D eigenvalue weighted by Crippen LogP contribution is 2.35. The third-order valence-electron chi connectivity index (χ3n) is 3.01. The maximum absolute atomic E-state index is 6.03. The number of hydrogen-bond donors (Lipinski definition) is 0. The Bertz CT molecular complexity index is 583. The van der Waals surface area contributed by atoms with Crippen LogP contribution in [0.15, 0.2) is 30.3 Å². The maximum Gasteiger partial charge on any atom is 0.142 e. The molecule has 19 heavy (non-hydrogen) atoms. The van der Waals surface area contributed by atoms with Crippen molar-refractivity contribution in [1.82, 2.24) is 9.97 Å². The molecule has 4 nitrogen and oxygen atoms in total. The summed E-state index contributed by atoms with van der Waals surface area (Å²) in [5.74, 6) is 2.37. The Morgan fingerprint density at radius 1 is 1.26 bits per heavy atom. The summed E-state index contributed by atoms with van der Waals surface area (Å²) < 4.78 is 5.74. The molecule has 0 amide bonds. The first-order chi connectivity index (χ1) is 9.24. The summed E-state index contributed by atoms with van der Waals surface area (Å²) in [5, 5.41) is 0.463. The van der Waals surface area contributed by atoms with Gasteiger partial charge >= 0.3 is 0 Å². The first-order valence-corrected chi connectivity index (χ1v) is 6.62. The van der Waals surface area contributed by atoms with Gasteiger partial charge in [0.05, 0.1) is 12.3 Å². The van der Waals surface area contributed by atoms with E-state index >= 15 is 0 Å². The van der Waals surface area contributed by atoms with Crippen molar-refractivity contribution in [2.45, 2.75) is 13.3 Å². The van der Waals surface area contributed by atoms with Gasteiger partial charge < -0.3 is 9.64 Å². The SMILES string of the molecule is Cc1nc(Cl)cc(N2CCCOc3ccccc32)n1. The van der Waals surface area contributed by atoms with E-state index in [2.05, 4.69) is 14.9 Å². The Kier molecular flexibility index (Phi) is 3.25. The van der Waals surface area contributed by atoms with E-state index in [0.29, 0.717) is 17.6 Å². The highest BCUT2D eigenvalue weighted by molar-refractivity contribution is 6.29. The minimum absolute atomic E-state index is 0.463. The van der Waals surface area contributed by atoms with Gasteiger partial charge in [-0.15, -0.1) is 0 Å². The Balaban J connectivity index is 2.09. The van der Waals surface area contributed by atoms with Crippen molar-refractivity contribution in [3.8, 4) is 5.75 Å². The van der Waals surface area contributed by atoms with Gasteiger partial charge in [0, 0.05) is 12.6 Å². The number of fused-ring (bicyclic) bond motifs is 1. The second-order valence-electron chi connectivity index (χ2n) is 4.42. The first-order valence-electron chi connectivity index (χ1n) is 6.24. The normalized spacial score (nSPS) is 14.5. The molecule has 3 rings (SSSR count). The fraction of sp³-hybridized carbons (Fsp3) is 0.286. The molecule has 0 N–H and O–H groups in total. The van der Waals surface area contributed by atoms with Gasteiger partial charge in [-0.3, -0.25) is 0 Å². The molecule has 0 unspecified atom stereocenters. The van der Waals surface area contributed by atoms with E-state index in [9.17, 15) is 0 Å². The Morgan fingerprint density at radius 3 is 2.95 bits per heavy atom. The van der Waals surface area contributed by atoms with Gasteiger partial charge in [-0.25, -0.2) is 9.97 Å². The van der Waals surface area contributed by atoms with E-state index in [1.807, 2.05) is 31.2 Å². The van der Waals surface area contributed by atoms with Crippen molar-refractivity contribution in [1.29, 1.82) is 0 Å². The molecule has 0 atom stereocenters. The lowest BCUT2D eigenvalue weighted by atomic mass is 10.2. The molecule has 0 radical (unpaired) electrons. The third kappa shape index (κ3) is 2.49. The van der Waals surface area contributed by atoms with E-state index < -0.39 is 0 Å². The van der Waals surface area contributed by atoms with Crippen LogP contribution in [-0.2, 0) is 0 Å². The van der Waals surface area contributed by atoms with Gasteiger partial charge in [0.15, 0.2) is 0 Å². The second kappa shape index (κ2) is 5.05. The van der Waals surface area contributed by atoms with Crippen molar-refractivity contribution in [2.75, 3.05) is 18.1 Å². The lowest BCUT2D eigenvalue weighted by Gasteiger charge is -2.22. The highest BCUT2D eigenvalue weighted by atomic mass is 35.5. The zero-order valence-electron chi connectivity index (χ0n) is 10.6. The van der Waals surface area contributed by atoms with Crippen LogP contribution in [0.2, 0.25) is 5.15 Å². The standard InChI is InChI=1S/C14H14ClN3O/c1-10-16-13(15)9-14(17-10)18-7-4-8-19-12-6-3-2-5-11(12)18/h2-3,5-6,9H,4,7-8H2,1H3. The number of hydrogen-bond acceptors (Lipinski definition) is 4. The summed E-state index contributed by atoms with van der Waals surface area (Å²) in [6.45, 7) is 3.41. The molecular formula is C14H14ClN3O. The molecule has 2 aromatic rings. The molecule has 1 aliphatic heterocycles. The number of ether oxygens (including phenoxy) is 1. The van der Waals surface area contributed by atoms with Crippen LogP contribution in [0, 0.1) is 6.92 Å². The molecule has 0 saturated heterocycles. The summed E-state index contributed by atoms with van der Waals surface area (Å²) in [7, 11) is 0. The highest BCUT2D eigenvalue weighted by Gasteiger charge is 2.19.